The van der Waals surface area contributed by atoms with Gasteiger partial charge in [-0.15, -0.1) is 0 Å². The number of likely N-dealkylation sites (tertiary alicyclic amines) is 1. The summed E-state index contributed by atoms with van der Waals surface area (Å²) >= 11 is 0. The predicted octanol–water partition coefficient (Wildman–Crippen LogP) is 3.75. The number of hydrogen-bond acceptors (Lipinski definition) is 6. The third kappa shape index (κ3) is 4.28. The molecule has 0 aliphatic carbocycles. The molecule has 7 heteroatoms. The topological polar surface area (TPSA) is 74.3 Å². The summed E-state index contributed by atoms with van der Waals surface area (Å²) in [7, 11) is 4.75. The number of piperidine rings is 1. The molecule has 7 nitrogen and oxygen atoms in total. The monoisotopic (exact) mass is 437 g/mol. The Balaban J connectivity index is 1.41. The van der Waals surface area contributed by atoms with Crippen LogP contribution in [0.2, 0.25) is 0 Å². The van der Waals surface area contributed by atoms with E-state index in [1.807, 2.05) is 12.1 Å². The molecule has 168 valence electrons. The maximum atomic E-state index is 12.8. The summed E-state index contributed by atoms with van der Waals surface area (Å²) in [6, 6.07) is 10.8. The molecule has 2 aromatic rings. The first-order valence-corrected chi connectivity index (χ1v) is 10.6. The Morgan fingerprint density at radius 1 is 1.00 bits per heavy atom. The van der Waals surface area contributed by atoms with Gasteiger partial charge < -0.3 is 23.8 Å². The molecule has 0 bridgehead atoms. The zero-order valence-electron chi connectivity index (χ0n) is 18.6. The van der Waals surface area contributed by atoms with Crippen molar-refractivity contribution < 1.29 is 28.5 Å². The third-order valence-corrected chi connectivity index (χ3v) is 6.13. The predicted molar refractivity (Wildman–Crippen MR) is 120 cm³/mol. The Bertz CT molecular complexity index is 1050. The van der Waals surface area contributed by atoms with E-state index in [1.165, 1.54) is 0 Å². The lowest BCUT2D eigenvalue weighted by Gasteiger charge is -2.43. The standard InChI is InChI=1S/C25H27NO6/c1-29-18-7-8-22-20(14-18)21(27)16-25(32-22)10-12-26(13-11-25)24(28)9-5-17-4-6-19(30-2)15-23(17)31-3/h4-9,14-15H,10-13,16H2,1-3H3/b9-5+. The summed E-state index contributed by atoms with van der Waals surface area (Å²) in [4.78, 5) is 27.3. The van der Waals surface area contributed by atoms with E-state index in [-0.39, 0.29) is 11.7 Å². The number of amides is 1. The van der Waals surface area contributed by atoms with E-state index in [9.17, 15) is 9.59 Å². The van der Waals surface area contributed by atoms with E-state index in [0.29, 0.717) is 60.9 Å². The van der Waals surface area contributed by atoms with E-state index < -0.39 is 5.60 Å². The molecule has 0 unspecified atom stereocenters. The lowest BCUT2D eigenvalue weighted by molar-refractivity contribution is -0.129. The van der Waals surface area contributed by atoms with Gasteiger partial charge >= 0.3 is 0 Å². The maximum Gasteiger partial charge on any atom is 0.246 e. The largest absolute Gasteiger partial charge is 0.497 e. The highest BCUT2D eigenvalue weighted by molar-refractivity contribution is 6.00. The normalized spacial score (nSPS) is 17.1. The summed E-state index contributed by atoms with van der Waals surface area (Å²) in [5, 5.41) is 0. The molecule has 0 radical (unpaired) electrons. The highest BCUT2D eigenvalue weighted by Gasteiger charge is 2.43. The van der Waals surface area contributed by atoms with Crippen molar-refractivity contribution in [2.75, 3.05) is 34.4 Å². The number of carbonyl (C=O) groups excluding carboxylic acids is 2. The summed E-state index contributed by atoms with van der Waals surface area (Å²) in [6.07, 6.45) is 4.82. The van der Waals surface area contributed by atoms with Gasteiger partial charge in [0.15, 0.2) is 5.78 Å². The molecule has 1 fully saturated rings. The van der Waals surface area contributed by atoms with Crippen LogP contribution in [-0.2, 0) is 4.79 Å². The van der Waals surface area contributed by atoms with E-state index in [1.54, 1.807) is 62.6 Å². The quantitative estimate of drug-likeness (QED) is 0.664. The van der Waals surface area contributed by atoms with Crippen LogP contribution in [0.25, 0.3) is 6.08 Å². The zero-order chi connectivity index (χ0) is 22.7. The molecule has 2 aliphatic heterocycles. The number of ether oxygens (including phenoxy) is 4. The minimum absolute atomic E-state index is 0.0522. The number of methoxy groups -OCH3 is 3. The molecule has 0 aromatic heterocycles. The second kappa shape index (κ2) is 8.94. The summed E-state index contributed by atoms with van der Waals surface area (Å²) in [5.41, 5.74) is 0.798. The van der Waals surface area contributed by atoms with Crippen molar-refractivity contribution in [3.05, 3.63) is 53.6 Å². The van der Waals surface area contributed by atoms with Gasteiger partial charge in [-0.3, -0.25) is 9.59 Å². The van der Waals surface area contributed by atoms with Gasteiger partial charge in [-0.05, 0) is 36.4 Å². The van der Waals surface area contributed by atoms with Crippen molar-refractivity contribution in [2.45, 2.75) is 24.9 Å². The molecule has 32 heavy (non-hydrogen) atoms. The molecule has 2 heterocycles. The molecule has 0 atom stereocenters. The first-order chi connectivity index (χ1) is 15.5. The van der Waals surface area contributed by atoms with E-state index in [0.717, 1.165) is 5.56 Å². The van der Waals surface area contributed by atoms with Crippen molar-refractivity contribution in [1.82, 2.24) is 4.90 Å². The van der Waals surface area contributed by atoms with Crippen LogP contribution in [0.4, 0.5) is 0 Å². The maximum absolute atomic E-state index is 12.8. The number of ketones is 1. The van der Waals surface area contributed by atoms with E-state index in [2.05, 4.69) is 0 Å². The third-order valence-electron chi connectivity index (χ3n) is 6.13. The smallest absolute Gasteiger partial charge is 0.246 e. The van der Waals surface area contributed by atoms with Crippen LogP contribution in [0.1, 0.15) is 35.2 Å². The van der Waals surface area contributed by atoms with Crippen molar-refractivity contribution in [1.29, 1.82) is 0 Å². The van der Waals surface area contributed by atoms with Crippen LogP contribution in [0.15, 0.2) is 42.5 Å². The van der Waals surface area contributed by atoms with Gasteiger partial charge in [0.2, 0.25) is 5.91 Å². The Morgan fingerprint density at radius 2 is 1.69 bits per heavy atom. The van der Waals surface area contributed by atoms with Crippen molar-refractivity contribution >= 4 is 17.8 Å². The Labute approximate surface area is 187 Å². The Hall–Kier alpha value is -3.48. The average Bonchev–Trinajstić information content (AvgIpc) is 2.82. The molecule has 1 spiro atoms. The summed E-state index contributed by atoms with van der Waals surface area (Å²) in [6.45, 7) is 1.06. The summed E-state index contributed by atoms with van der Waals surface area (Å²) in [5.74, 6) is 2.52. The van der Waals surface area contributed by atoms with Gasteiger partial charge in [-0.2, -0.15) is 0 Å². The van der Waals surface area contributed by atoms with E-state index in [4.69, 9.17) is 18.9 Å². The van der Waals surface area contributed by atoms with Crippen LogP contribution in [-0.4, -0.2) is 56.6 Å². The second-order valence-corrected chi connectivity index (χ2v) is 8.01. The first kappa shape index (κ1) is 21.7. The van der Waals surface area contributed by atoms with Crippen LogP contribution in [0.3, 0.4) is 0 Å². The van der Waals surface area contributed by atoms with Crippen molar-refractivity contribution in [3.63, 3.8) is 0 Å². The molecule has 0 N–H and O–H groups in total. The fraction of sp³-hybridized carbons (Fsp3) is 0.360. The number of nitrogens with zero attached hydrogens (tertiary/aromatic N) is 1. The first-order valence-electron chi connectivity index (χ1n) is 10.6. The highest BCUT2D eigenvalue weighted by Crippen LogP contribution is 2.40. The molecule has 2 aromatic carbocycles. The van der Waals surface area contributed by atoms with Gasteiger partial charge in [0, 0.05) is 43.6 Å². The lowest BCUT2D eigenvalue weighted by atomic mass is 9.82. The average molecular weight is 437 g/mol. The van der Waals surface area contributed by atoms with Crippen molar-refractivity contribution in [3.8, 4) is 23.0 Å². The number of carbonyl (C=O) groups is 2. The van der Waals surface area contributed by atoms with Gasteiger partial charge in [0.1, 0.15) is 28.6 Å². The molecule has 2 aliphatic rings. The minimum Gasteiger partial charge on any atom is -0.497 e. The highest BCUT2D eigenvalue weighted by atomic mass is 16.5. The molecular weight excluding hydrogens is 410 g/mol. The number of benzene rings is 2. The number of fused-ring (bicyclic) bond motifs is 1. The van der Waals surface area contributed by atoms with Crippen LogP contribution in [0, 0.1) is 0 Å². The van der Waals surface area contributed by atoms with E-state index >= 15 is 0 Å². The fourth-order valence-electron chi connectivity index (χ4n) is 4.24. The SMILES string of the molecule is COc1ccc(/C=C/C(=O)N2CCC3(CC2)CC(=O)c2cc(OC)ccc2O3)c(OC)c1. The van der Waals surface area contributed by atoms with Gasteiger partial charge in [-0.25, -0.2) is 0 Å². The number of Topliss-reactive ketones (excluding diaryl/α,β-unsaturated/α-hetero) is 1. The summed E-state index contributed by atoms with van der Waals surface area (Å²) < 4.78 is 22.1. The zero-order valence-corrected chi connectivity index (χ0v) is 18.6. The van der Waals surface area contributed by atoms with Gasteiger partial charge in [0.25, 0.3) is 0 Å². The fourth-order valence-corrected chi connectivity index (χ4v) is 4.24. The lowest BCUT2D eigenvalue weighted by Crippen LogP contribution is -2.52. The number of rotatable bonds is 5. The van der Waals surface area contributed by atoms with Crippen molar-refractivity contribution in [2.24, 2.45) is 0 Å². The van der Waals surface area contributed by atoms with Gasteiger partial charge in [-0.1, -0.05) is 0 Å². The second-order valence-electron chi connectivity index (χ2n) is 8.01. The molecule has 1 amide bonds. The Morgan fingerprint density at radius 3 is 2.38 bits per heavy atom. The molecule has 0 saturated carbocycles. The van der Waals surface area contributed by atoms with Crippen LogP contribution >= 0.6 is 0 Å². The minimum atomic E-state index is -0.557. The van der Waals surface area contributed by atoms with Gasteiger partial charge in [0.05, 0.1) is 33.3 Å². The molecule has 1 saturated heterocycles. The molecule has 4 rings (SSSR count). The van der Waals surface area contributed by atoms with Crippen LogP contribution in [0.5, 0.6) is 23.0 Å². The van der Waals surface area contributed by atoms with Crippen LogP contribution < -0.4 is 18.9 Å². The molecular formula is C25H27NO6. The Kier molecular flexibility index (Phi) is 6.08. The number of hydrogen-bond donors (Lipinski definition) is 0.